The number of hydrogen-bond donors (Lipinski definition) is 0. The third kappa shape index (κ3) is 4.73. The molecule has 0 spiro atoms. The second-order valence-electron chi connectivity index (χ2n) is 5.87. The fourth-order valence-electron chi connectivity index (χ4n) is 2.56. The number of likely N-dealkylation sites (N-methyl/N-ethyl adjacent to an activating group) is 1. The van der Waals surface area contributed by atoms with Gasteiger partial charge in [-0.3, -0.25) is 0 Å². The lowest BCUT2D eigenvalue weighted by Crippen LogP contribution is -2.28. The van der Waals surface area contributed by atoms with E-state index in [9.17, 15) is 0 Å². The first-order valence-electron chi connectivity index (χ1n) is 8.34. The SMILES string of the molecule is CCN(CCn1cc[n+](C)c1)c1ccc(N=Nc2ncc(C)s2)cc1. The van der Waals surface area contributed by atoms with E-state index in [-0.39, 0.29) is 0 Å². The highest BCUT2D eigenvalue weighted by atomic mass is 32.1. The predicted molar refractivity (Wildman–Crippen MR) is 101 cm³/mol. The van der Waals surface area contributed by atoms with Crippen molar-refractivity contribution in [2.45, 2.75) is 20.4 Å². The molecule has 130 valence electrons. The molecule has 0 aliphatic rings. The van der Waals surface area contributed by atoms with Crippen molar-refractivity contribution < 1.29 is 4.57 Å². The van der Waals surface area contributed by atoms with Crippen LogP contribution < -0.4 is 9.47 Å². The standard InChI is InChI=1S/C18H23N6S/c1-4-24(12-11-23-10-9-22(3)14-23)17-7-5-16(6-8-17)20-21-18-19-13-15(2)25-18/h5-10,13-14H,4,11-12H2,1-3H3/q+1. The van der Waals surface area contributed by atoms with Gasteiger partial charge in [0.05, 0.1) is 19.3 Å². The van der Waals surface area contributed by atoms with E-state index in [0.29, 0.717) is 5.13 Å². The molecular formula is C18H23N6S+. The number of imidazole rings is 1. The van der Waals surface area contributed by atoms with Crippen molar-refractivity contribution in [1.82, 2.24) is 9.55 Å². The molecule has 1 aromatic carbocycles. The largest absolute Gasteiger partial charge is 0.368 e. The smallest absolute Gasteiger partial charge is 0.243 e. The minimum absolute atomic E-state index is 0.691. The Morgan fingerprint density at radius 1 is 1.24 bits per heavy atom. The molecule has 0 fully saturated rings. The lowest BCUT2D eigenvalue weighted by Gasteiger charge is -2.22. The van der Waals surface area contributed by atoms with Gasteiger partial charge in [-0.05, 0) is 38.1 Å². The molecule has 3 aromatic rings. The first-order valence-corrected chi connectivity index (χ1v) is 9.16. The number of aryl methyl sites for hydroxylation is 2. The molecule has 0 N–H and O–H groups in total. The average molecular weight is 355 g/mol. The summed E-state index contributed by atoms with van der Waals surface area (Å²) in [5, 5.41) is 9.13. The van der Waals surface area contributed by atoms with Crippen molar-refractivity contribution in [2.75, 3.05) is 18.0 Å². The second kappa shape index (κ2) is 8.02. The van der Waals surface area contributed by atoms with E-state index in [0.717, 1.165) is 30.2 Å². The van der Waals surface area contributed by atoms with Gasteiger partial charge in [0.25, 0.3) is 0 Å². The summed E-state index contributed by atoms with van der Waals surface area (Å²) < 4.78 is 4.25. The summed E-state index contributed by atoms with van der Waals surface area (Å²) in [6, 6.07) is 8.19. The molecule has 6 nitrogen and oxygen atoms in total. The Morgan fingerprint density at radius 3 is 2.64 bits per heavy atom. The molecule has 0 radical (unpaired) electrons. The molecule has 0 aliphatic carbocycles. The van der Waals surface area contributed by atoms with E-state index in [1.54, 1.807) is 11.3 Å². The van der Waals surface area contributed by atoms with E-state index in [1.807, 2.05) is 32.3 Å². The fraction of sp³-hybridized carbons (Fsp3) is 0.333. The maximum Gasteiger partial charge on any atom is 0.243 e. The van der Waals surface area contributed by atoms with Crippen molar-refractivity contribution in [3.05, 3.63) is 54.1 Å². The third-order valence-electron chi connectivity index (χ3n) is 3.91. The first kappa shape index (κ1) is 17.3. The minimum atomic E-state index is 0.691. The van der Waals surface area contributed by atoms with Crippen LogP contribution in [0.25, 0.3) is 0 Å². The molecule has 25 heavy (non-hydrogen) atoms. The summed E-state index contributed by atoms with van der Waals surface area (Å²) >= 11 is 1.54. The summed E-state index contributed by atoms with van der Waals surface area (Å²) in [6.45, 7) is 7.07. The Balaban J connectivity index is 1.62. The van der Waals surface area contributed by atoms with Gasteiger partial charge < -0.3 is 4.90 Å². The lowest BCUT2D eigenvalue weighted by molar-refractivity contribution is -0.671. The zero-order chi connectivity index (χ0) is 17.6. The van der Waals surface area contributed by atoms with Crippen molar-refractivity contribution in [3.8, 4) is 0 Å². The number of nitrogens with zero attached hydrogens (tertiary/aromatic N) is 6. The number of rotatable bonds is 7. The Bertz CT molecular complexity index is 833. The van der Waals surface area contributed by atoms with Crippen molar-refractivity contribution in [3.63, 3.8) is 0 Å². The average Bonchev–Trinajstić information content (AvgIpc) is 3.23. The topological polar surface area (TPSA) is 49.7 Å². The van der Waals surface area contributed by atoms with Gasteiger partial charge in [-0.1, -0.05) is 11.3 Å². The predicted octanol–water partition coefficient (Wildman–Crippen LogP) is 4.02. The van der Waals surface area contributed by atoms with Gasteiger partial charge in [-0.25, -0.2) is 14.1 Å². The number of anilines is 1. The summed E-state index contributed by atoms with van der Waals surface area (Å²) in [7, 11) is 2.04. The number of aromatic nitrogens is 3. The van der Waals surface area contributed by atoms with Crippen LogP contribution in [0.2, 0.25) is 0 Å². The minimum Gasteiger partial charge on any atom is -0.368 e. The van der Waals surface area contributed by atoms with Crippen LogP contribution >= 0.6 is 11.3 Å². The Morgan fingerprint density at radius 2 is 2.04 bits per heavy atom. The Hall–Kier alpha value is -2.54. The van der Waals surface area contributed by atoms with Crippen LogP contribution in [-0.4, -0.2) is 22.6 Å². The van der Waals surface area contributed by atoms with Crippen LogP contribution in [-0.2, 0) is 13.6 Å². The molecule has 3 rings (SSSR count). The normalized spacial score (nSPS) is 11.3. The van der Waals surface area contributed by atoms with E-state index in [4.69, 9.17) is 0 Å². The Kier molecular flexibility index (Phi) is 5.55. The summed E-state index contributed by atoms with van der Waals surface area (Å²) in [5.74, 6) is 0. The van der Waals surface area contributed by atoms with E-state index in [2.05, 4.69) is 67.0 Å². The second-order valence-corrected chi connectivity index (χ2v) is 7.08. The summed E-state index contributed by atoms with van der Waals surface area (Å²) in [4.78, 5) is 7.68. The number of thiazole rings is 1. The van der Waals surface area contributed by atoms with E-state index >= 15 is 0 Å². The van der Waals surface area contributed by atoms with Gasteiger partial charge in [0.15, 0.2) is 0 Å². The summed E-state index contributed by atoms with van der Waals surface area (Å²) in [6.07, 6.45) is 8.06. The highest BCUT2D eigenvalue weighted by Crippen LogP contribution is 2.24. The maximum absolute atomic E-state index is 4.26. The highest BCUT2D eigenvalue weighted by molar-refractivity contribution is 7.15. The quantitative estimate of drug-likeness (QED) is 0.475. The first-order chi connectivity index (χ1) is 12.1. The molecule has 0 amide bonds. The van der Waals surface area contributed by atoms with Crippen molar-refractivity contribution in [1.29, 1.82) is 0 Å². The van der Waals surface area contributed by atoms with Crippen LogP contribution in [0.4, 0.5) is 16.5 Å². The molecule has 0 bridgehead atoms. The molecule has 0 unspecified atom stereocenters. The fourth-order valence-corrected chi connectivity index (χ4v) is 3.14. The molecule has 2 aromatic heterocycles. The van der Waals surface area contributed by atoms with E-state index < -0.39 is 0 Å². The van der Waals surface area contributed by atoms with E-state index in [1.165, 1.54) is 5.69 Å². The van der Waals surface area contributed by atoms with Gasteiger partial charge >= 0.3 is 0 Å². The zero-order valence-electron chi connectivity index (χ0n) is 14.8. The maximum atomic E-state index is 4.26. The van der Waals surface area contributed by atoms with Gasteiger partial charge in [0.2, 0.25) is 11.5 Å². The van der Waals surface area contributed by atoms with Crippen LogP contribution in [0.3, 0.4) is 0 Å². The van der Waals surface area contributed by atoms with Gasteiger partial charge in [-0.2, -0.15) is 0 Å². The number of hydrogen-bond acceptors (Lipinski definition) is 5. The van der Waals surface area contributed by atoms with Crippen LogP contribution in [0, 0.1) is 6.92 Å². The van der Waals surface area contributed by atoms with Crippen LogP contribution in [0.5, 0.6) is 0 Å². The molecule has 0 aliphatic heterocycles. The molecular weight excluding hydrogens is 332 g/mol. The molecule has 2 heterocycles. The molecule has 7 heteroatoms. The molecule has 0 saturated heterocycles. The van der Waals surface area contributed by atoms with Gasteiger partial charge in [-0.15, -0.1) is 10.2 Å². The Labute approximate surface area is 152 Å². The van der Waals surface area contributed by atoms with Crippen LogP contribution in [0.1, 0.15) is 11.8 Å². The lowest BCUT2D eigenvalue weighted by atomic mass is 10.2. The number of benzene rings is 1. The molecule has 0 saturated carbocycles. The van der Waals surface area contributed by atoms with Crippen molar-refractivity contribution >= 4 is 27.8 Å². The zero-order valence-corrected chi connectivity index (χ0v) is 15.6. The molecule has 0 atom stereocenters. The summed E-state index contributed by atoms with van der Waals surface area (Å²) in [5.41, 5.74) is 2.04. The third-order valence-corrected chi connectivity index (χ3v) is 4.71. The monoisotopic (exact) mass is 355 g/mol. The number of azo groups is 1. The van der Waals surface area contributed by atoms with Gasteiger partial charge in [0, 0.05) is 23.3 Å². The highest BCUT2D eigenvalue weighted by Gasteiger charge is 2.07. The van der Waals surface area contributed by atoms with Crippen molar-refractivity contribution in [2.24, 2.45) is 17.3 Å². The van der Waals surface area contributed by atoms with Crippen LogP contribution in [0.15, 0.2) is 59.4 Å². The van der Waals surface area contributed by atoms with Gasteiger partial charge in [0.1, 0.15) is 18.9 Å².